The summed E-state index contributed by atoms with van der Waals surface area (Å²) in [4.78, 5) is 3.53. The highest BCUT2D eigenvalue weighted by Crippen LogP contribution is 2.36. The lowest BCUT2D eigenvalue weighted by molar-refractivity contribution is -0.141. The first-order chi connectivity index (χ1) is 11.8. The van der Waals surface area contributed by atoms with E-state index >= 15 is 0 Å². The van der Waals surface area contributed by atoms with Crippen molar-refractivity contribution in [2.24, 2.45) is 0 Å². The number of nitrogens with zero attached hydrogens (tertiary/aromatic N) is 1. The lowest BCUT2D eigenvalue weighted by Crippen LogP contribution is -2.13. The number of rotatable bonds is 5. The van der Waals surface area contributed by atoms with Crippen LogP contribution in [0.4, 0.5) is 13.2 Å². The fourth-order valence-electron chi connectivity index (χ4n) is 2.75. The zero-order valence-corrected chi connectivity index (χ0v) is 14.7. The number of aromatic nitrogens is 1. The molecule has 0 amide bonds. The summed E-state index contributed by atoms with van der Waals surface area (Å²) in [6.45, 7) is 4.26. The molecule has 1 unspecified atom stereocenters. The van der Waals surface area contributed by atoms with Gasteiger partial charge in [0, 0.05) is 17.4 Å². The molecule has 1 atom stereocenters. The zero-order valence-electron chi connectivity index (χ0n) is 13.9. The molecule has 1 aromatic carbocycles. The quantitative estimate of drug-likeness (QED) is 0.704. The molecular weight excluding hydrogens is 349 g/mol. The number of halogens is 3. The van der Waals surface area contributed by atoms with E-state index in [0.717, 1.165) is 24.5 Å². The third-order valence-electron chi connectivity index (χ3n) is 3.87. The predicted molar refractivity (Wildman–Crippen MR) is 92.7 cm³/mol. The maximum absolute atomic E-state index is 12.7. The molecule has 0 bridgehead atoms. The number of fused-ring (bicyclic) bond motifs is 1. The molecule has 25 heavy (non-hydrogen) atoms. The summed E-state index contributed by atoms with van der Waals surface area (Å²) in [6, 6.07) is 9.58. The lowest BCUT2D eigenvalue weighted by Gasteiger charge is -2.15. The van der Waals surface area contributed by atoms with E-state index in [4.69, 9.17) is 4.74 Å². The number of hydrogen-bond acceptors (Lipinski definition) is 4. The van der Waals surface area contributed by atoms with Crippen molar-refractivity contribution in [1.29, 1.82) is 0 Å². The summed E-state index contributed by atoms with van der Waals surface area (Å²) in [7, 11) is 0. The Labute approximate surface area is 149 Å². The van der Waals surface area contributed by atoms with E-state index in [-0.39, 0.29) is 5.88 Å². The molecule has 0 saturated carbocycles. The summed E-state index contributed by atoms with van der Waals surface area (Å²) in [5.74, 6) is 0.445. The Hall–Kier alpha value is -1.73. The van der Waals surface area contributed by atoms with Gasteiger partial charge in [0.25, 0.3) is 0 Å². The fourth-order valence-corrected chi connectivity index (χ4v) is 3.43. The van der Waals surface area contributed by atoms with Crippen LogP contribution in [0.5, 0.6) is 11.6 Å². The van der Waals surface area contributed by atoms with Crippen molar-refractivity contribution in [2.45, 2.75) is 44.2 Å². The Morgan fingerprint density at radius 1 is 1.24 bits per heavy atom. The normalized spacial score (nSPS) is 17.0. The topological polar surface area (TPSA) is 34.1 Å². The number of hydrogen-bond donors (Lipinski definition) is 1. The van der Waals surface area contributed by atoms with E-state index < -0.39 is 11.9 Å². The monoisotopic (exact) mass is 368 g/mol. The number of nitrogens with one attached hydrogen (secondary N) is 1. The molecule has 1 N–H and O–H groups in total. The first-order valence-corrected chi connectivity index (χ1v) is 8.97. The van der Waals surface area contributed by atoms with Crippen LogP contribution in [0.1, 0.15) is 43.1 Å². The van der Waals surface area contributed by atoms with Crippen LogP contribution in [0.2, 0.25) is 0 Å². The summed E-state index contributed by atoms with van der Waals surface area (Å²) in [5, 5.41) is 0.499. The van der Waals surface area contributed by atoms with Crippen molar-refractivity contribution in [3.8, 4) is 11.6 Å². The molecule has 1 aliphatic carbocycles. The Bertz CT molecular complexity index is 749. The maximum atomic E-state index is 12.7. The molecule has 7 heteroatoms. The third-order valence-corrected chi connectivity index (χ3v) is 4.77. The minimum absolute atomic E-state index is 0.0576. The minimum Gasteiger partial charge on any atom is -0.439 e. The van der Waals surface area contributed by atoms with Crippen molar-refractivity contribution in [2.75, 3.05) is 0 Å². The van der Waals surface area contributed by atoms with Crippen LogP contribution >= 0.6 is 11.9 Å². The Morgan fingerprint density at radius 2 is 2.04 bits per heavy atom. The first-order valence-electron chi connectivity index (χ1n) is 8.09. The highest BCUT2D eigenvalue weighted by atomic mass is 32.2. The van der Waals surface area contributed by atoms with Gasteiger partial charge in [-0.3, -0.25) is 4.72 Å². The minimum atomic E-state index is -4.48. The van der Waals surface area contributed by atoms with Crippen molar-refractivity contribution < 1.29 is 17.9 Å². The van der Waals surface area contributed by atoms with E-state index in [9.17, 15) is 13.2 Å². The third kappa shape index (κ3) is 4.46. The second kappa shape index (κ2) is 7.25. The Morgan fingerprint density at radius 3 is 2.76 bits per heavy atom. The molecule has 0 spiro atoms. The second-order valence-electron chi connectivity index (χ2n) is 6.20. The van der Waals surface area contributed by atoms with Crippen molar-refractivity contribution in [1.82, 2.24) is 9.71 Å². The van der Waals surface area contributed by atoms with Gasteiger partial charge >= 0.3 is 6.18 Å². The smallest absolute Gasteiger partial charge is 0.433 e. The second-order valence-corrected chi connectivity index (χ2v) is 7.61. The van der Waals surface area contributed by atoms with Gasteiger partial charge in [-0.05, 0) is 42.2 Å². The molecule has 1 heterocycles. The Balaban J connectivity index is 1.74. The average Bonchev–Trinajstić information content (AvgIpc) is 2.94. The van der Waals surface area contributed by atoms with Crippen molar-refractivity contribution in [3.05, 3.63) is 53.2 Å². The number of benzene rings is 1. The summed E-state index contributed by atoms with van der Waals surface area (Å²) < 4.78 is 47.2. The van der Waals surface area contributed by atoms with E-state index in [2.05, 4.69) is 23.6 Å². The van der Waals surface area contributed by atoms with Crippen LogP contribution < -0.4 is 9.46 Å². The number of alkyl halides is 3. The SMILES string of the molecule is CC(C)SNC1CCc2cc(Oc3cccc(C(F)(F)F)n3)ccc21. The van der Waals surface area contributed by atoms with Gasteiger partial charge in [0.2, 0.25) is 5.88 Å². The van der Waals surface area contributed by atoms with Crippen molar-refractivity contribution in [3.63, 3.8) is 0 Å². The van der Waals surface area contributed by atoms with E-state index in [1.165, 1.54) is 17.7 Å². The van der Waals surface area contributed by atoms with Crippen LogP contribution in [-0.2, 0) is 12.6 Å². The summed E-state index contributed by atoms with van der Waals surface area (Å²) in [5.41, 5.74) is 1.42. The van der Waals surface area contributed by atoms with Gasteiger partial charge in [0.1, 0.15) is 11.4 Å². The van der Waals surface area contributed by atoms with Crippen molar-refractivity contribution >= 4 is 11.9 Å². The van der Waals surface area contributed by atoms with Crippen LogP contribution in [0.3, 0.4) is 0 Å². The van der Waals surface area contributed by atoms with Gasteiger partial charge < -0.3 is 4.74 Å². The molecule has 0 radical (unpaired) electrons. The molecule has 0 fully saturated rings. The van der Waals surface area contributed by atoms with Crippen LogP contribution in [0.15, 0.2) is 36.4 Å². The van der Waals surface area contributed by atoms with Crippen LogP contribution in [0.25, 0.3) is 0 Å². The van der Waals surface area contributed by atoms with Gasteiger partial charge in [-0.25, -0.2) is 4.98 Å². The summed E-state index contributed by atoms with van der Waals surface area (Å²) >= 11 is 1.71. The molecule has 134 valence electrons. The van der Waals surface area contributed by atoms with Gasteiger partial charge in [-0.15, -0.1) is 0 Å². The number of ether oxygens (including phenoxy) is 1. The molecule has 1 aliphatic rings. The zero-order chi connectivity index (χ0) is 18.0. The highest BCUT2D eigenvalue weighted by molar-refractivity contribution is 7.97. The molecule has 0 aliphatic heterocycles. The van der Waals surface area contributed by atoms with E-state index in [1.807, 2.05) is 12.1 Å². The molecule has 3 rings (SSSR count). The number of aryl methyl sites for hydroxylation is 1. The average molecular weight is 368 g/mol. The molecule has 0 saturated heterocycles. The van der Waals surface area contributed by atoms with Gasteiger partial charge in [0.05, 0.1) is 0 Å². The van der Waals surface area contributed by atoms with E-state index in [1.54, 1.807) is 18.0 Å². The molecule has 2 aromatic rings. The van der Waals surface area contributed by atoms with Gasteiger partial charge in [-0.1, -0.05) is 37.9 Å². The molecule has 3 nitrogen and oxygen atoms in total. The predicted octanol–water partition coefficient (Wildman–Crippen LogP) is 5.53. The first kappa shape index (κ1) is 18.1. The van der Waals surface area contributed by atoms with Gasteiger partial charge in [-0.2, -0.15) is 13.2 Å². The highest BCUT2D eigenvalue weighted by Gasteiger charge is 2.32. The van der Waals surface area contributed by atoms with Crippen LogP contribution in [0, 0.1) is 0 Å². The Kier molecular flexibility index (Phi) is 5.24. The fraction of sp³-hybridized carbons (Fsp3) is 0.389. The van der Waals surface area contributed by atoms with Gasteiger partial charge in [0.15, 0.2) is 0 Å². The van der Waals surface area contributed by atoms with Crippen LogP contribution in [-0.4, -0.2) is 10.2 Å². The standard InChI is InChI=1S/C18H19F3N2OS/c1-11(2)25-23-15-9-6-12-10-13(7-8-14(12)15)24-17-5-3-4-16(22-17)18(19,20)21/h3-5,7-8,10-11,15,23H,6,9H2,1-2H3. The molecule has 1 aromatic heterocycles. The molecular formula is C18H19F3N2OS. The lowest BCUT2D eigenvalue weighted by atomic mass is 10.1. The number of pyridine rings is 1. The largest absolute Gasteiger partial charge is 0.439 e. The maximum Gasteiger partial charge on any atom is 0.433 e. The summed E-state index contributed by atoms with van der Waals surface area (Å²) in [6.07, 6.45) is -2.57. The van der Waals surface area contributed by atoms with E-state index in [0.29, 0.717) is 17.0 Å².